The second-order valence-electron chi connectivity index (χ2n) is 4.84. The number of likely N-dealkylation sites (N-methyl/N-ethyl adjacent to an activating group) is 2. The van der Waals surface area contributed by atoms with E-state index >= 15 is 0 Å². The van der Waals surface area contributed by atoms with Gasteiger partial charge >= 0.3 is 0 Å². The van der Waals surface area contributed by atoms with Crippen LogP contribution in [0.25, 0.3) is 0 Å². The first-order valence-electron chi connectivity index (χ1n) is 5.09. The summed E-state index contributed by atoms with van der Waals surface area (Å²) in [6, 6.07) is 0.642. The first kappa shape index (κ1) is 11.0. The summed E-state index contributed by atoms with van der Waals surface area (Å²) >= 11 is 0. The Balaban J connectivity index is 2.57. The maximum atomic E-state index is 5.59. The molecule has 1 rings (SSSR count). The monoisotopic (exact) mass is 185 g/mol. The highest BCUT2D eigenvalue weighted by Gasteiger charge is 2.34. The molecule has 1 fully saturated rings. The maximum absolute atomic E-state index is 5.59. The second-order valence-corrected chi connectivity index (χ2v) is 4.84. The van der Waals surface area contributed by atoms with Gasteiger partial charge in [0.15, 0.2) is 0 Å². The Kier molecular flexibility index (Phi) is 3.33. The molecule has 78 valence electrons. The zero-order chi connectivity index (χ0) is 10.1. The summed E-state index contributed by atoms with van der Waals surface area (Å²) in [5.74, 6) is 0. The van der Waals surface area contributed by atoms with Crippen molar-refractivity contribution in [3.05, 3.63) is 0 Å². The minimum absolute atomic E-state index is 0.305. The van der Waals surface area contributed by atoms with Gasteiger partial charge in [-0.2, -0.15) is 0 Å². The fourth-order valence-electron chi connectivity index (χ4n) is 2.07. The van der Waals surface area contributed by atoms with Crippen LogP contribution in [-0.2, 0) is 0 Å². The van der Waals surface area contributed by atoms with Gasteiger partial charge < -0.3 is 10.6 Å². The molecule has 1 aliphatic heterocycles. The molecule has 0 aliphatic carbocycles. The molecule has 1 unspecified atom stereocenters. The van der Waals surface area contributed by atoms with Crippen LogP contribution >= 0.6 is 0 Å². The zero-order valence-corrected chi connectivity index (χ0v) is 9.38. The quantitative estimate of drug-likeness (QED) is 0.674. The zero-order valence-electron chi connectivity index (χ0n) is 9.38. The Morgan fingerprint density at radius 3 is 2.54 bits per heavy atom. The van der Waals surface area contributed by atoms with Crippen LogP contribution in [0.2, 0.25) is 0 Å². The third-order valence-corrected chi connectivity index (χ3v) is 3.28. The Morgan fingerprint density at radius 2 is 2.00 bits per heavy atom. The number of piperazine rings is 1. The summed E-state index contributed by atoms with van der Waals surface area (Å²) in [5.41, 5.74) is 5.89. The lowest BCUT2D eigenvalue weighted by Crippen LogP contribution is -2.61. The summed E-state index contributed by atoms with van der Waals surface area (Å²) in [4.78, 5) is 4.88. The Morgan fingerprint density at radius 1 is 1.38 bits per heavy atom. The Labute approximate surface area is 81.9 Å². The van der Waals surface area contributed by atoms with Gasteiger partial charge in [-0.1, -0.05) is 0 Å². The number of hydrogen-bond acceptors (Lipinski definition) is 3. The molecule has 0 bridgehead atoms. The van der Waals surface area contributed by atoms with Crippen LogP contribution < -0.4 is 5.73 Å². The molecule has 3 nitrogen and oxygen atoms in total. The third kappa shape index (κ3) is 2.42. The first-order valence-corrected chi connectivity index (χ1v) is 5.09. The topological polar surface area (TPSA) is 32.5 Å². The molecular formula is C10H23N3. The molecule has 0 radical (unpaired) electrons. The van der Waals surface area contributed by atoms with Crippen LogP contribution in [-0.4, -0.2) is 55.1 Å². The third-order valence-electron chi connectivity index (χ3n) is 3.28. The van der Waals surface area contributed by atoms with Gasteiger partial charge in [-0.15, -0.1) is 0 Å². The van der Waals surface area contributed by atoms with Gasteiger partial charge in [0.25, 0.3) is 0 Å². The summed E-state index contributed by atoms with van der Waals surface area (Å²) < 4.78 is 0. The van der Waals surface area contributed by atoms with E-state index in [2.05, 4.69) is 37.7 Å². The average Bonchev–Trinajstić information content (AvgIpc) is 2.00. The highest BCUT2D eigenvalue weighted by molar-refractivity contribution is 4.91. The normalized spacial score (nSPS) is 30.7. The maximum Gasteiger partial charge on any atom is 0.0277 e. The molecule has 2 N–H and O–H groups in total. The molecule has 0 aromatic heterocycles. The van der Waals surface area contributed by atoms with Crippen molar-refractivity contribution in [2.75, 3.05) is 33.7 Å². The number of rotatable bonds is 2. The van der Waals surface area contributed by atoms with Crippen LogP contribution in [0.3, 0.4) is 0 Å². The van der Waals surface area contributed by atoms with Crippen molar-refractivity contribution in [1.82, 2.24) is 9.80 Å². The predicted octanol–water partition coefficient (Wildman–Crippen LogP) is 0.360. The van der Waals surface area contributed by atoms with E-state index in [1.165, 1.54) is 0 Å². The van der Waals surface area contributed by atoms with Crippen molar-refractivity contribution in [1.29, 1.82) is 0 Å². The van der Waals surface area contributed by atoms with Crippen LogP contribution in [0.15, 0.2) is 0 Å². The van der Waals surface area contributed by atoms with Gasteiger partial charge in [0.1, 0.15) is 0 Å². The molecule has 1 saturated heterocycles. The summed E-state index contributed by atoms with van der Waals surface area (Å²) in [6.45, 7) is 7.66. The molecule has 0 spiro atoms. The fourth-order valence-corrected chi connectivity index (χ4v) is 2.07. The molecule has 0 saturated carbocycles. The first-order chi connectivity index (χ1) is 5.97. The van der Waals surface area contributed by atoms with Crippen molar-refractivity contribution in [2.45, 2.75) is 31.8 Å². The summed E-state index contributed by atoms with van der Waals surface area (Å²) in [5, 5.41) is 0. The summed E-state index contributed by atoms with van der Waals surface area (Å²) in [6.07, 6.45) is 1.11. The van der Waals surface area contributed by atoms with E-state index < -0.39 is 0 Å². The van der Waals surface area contributed by atoms with Crippen molar-refractivity contribution >= 4 is 0 Å². The van der Waals surface area contributed by atoms with Gasteiger partial charge in [0, 0.05) is 24.7 Å². The lowest BCUT2D eigenvalue weighted by molar-refractivity contribution is 0.0116. The van der Waals surface area contributed by atoms with Crippen molar-refractivity contribution in [2.24, 2.45) is 5.73 Å². The van der Waals surface area contributed by atoms with E-state index in [0.717, 1.165) is 26.1 Å². The molecule has 1 atom stereocenters. The molecule has 1 heterocycles. The average molecular weight is 185 g/mol. The van der Waals surface area contributed by atoms with Crippen molar-refractivity contribution in [3.8, 4) is 0 Å². The lowest BCUT2D eigenvalue weighted by Gasteiger charge is -2.48. The number of nitrogens with two attached hydrogens (primary N) is 1. The highest BCUT2D eigenvalue weighted by atomic mass is 15.3. The minimum Gasteiger partial charge on any atom is -0.330 e. The highest BCUT2D eigenvalue weighted by Crippen LogP contribution is 2.22. The van der Waals surface area contributed by atoms with Crippen molar-refractivity contribution < 1.29 is 0 Å². The van der Waals surface area contributed by atoms with E-state index in [0.29, 0.717) is 11.6 Å². The van der Waals surface area contributed by atoms with Crippen molar-refractivity contribution in [3.63, 3.8) is 0 Å². The van der Waals surface area contributed by atoms with E-state index in [1.54, 1.807) is 0 Å². The van der Waals surface area contributed by atoms with Gasteiger partial charge in [-0.25, -0.2) is 0 Å². The molecule has 1 aliphatic rings. The molecular weight excluding hydrogens is 162 g/mol. The molecule has 3 heteroatoms. The molecule has 0 aromatic carbocycles. The van der Waals surface area contributed by atoms with Crippen LogP contribution in [0.4, 0.5) is 0 Å². The molecule has 13 heavy (non-hydrogen) atoms. The van der Waals surface area contributed by atoms with Gasteiger partial charge in [-0.05, 0) is 40.9 Å². The van der Waals surface area contributed by atoms with Crippen LogP contribution in [0, 0.1) is 0 Å². The van der Waals surface area contributed by atoms with Gasteiger partial charge in [-0.3, -0.25) is 4.90 Å². The Hall–Kier alpha value is -0.120. The minimum atomic E-state index is 0.305. The van der Waals surface area contributed by atoms with Gasteiger partial charge in [0.2, 0.25) is 0 Å². The molecule has 0 aromatic rings. The Bertz CT molecular complexity index is 168. The van der Waals surface area contributed by atoms with E-state index in [9.17, 15) is 0 Å². The smallest absolute Gasteiger partial charge is 0.0277 e. The molecule has 0 amide bonds. The summed E-state index contributed by atoms with van der Waals surface area (Å²) in [7, 11) is 4.41. The predicted molar refractivity (Wildman–Crippen MR) is 56.8 cm³/mol. The largest absolute Gasteiger partial charge is 0.330 e. The standard InChI is InChI=1S/C10H23N3/c1-10(2)8-12(3)9(5-6-11)7-13(10)4/h9H,5-8,11H2,1-4H3. The second kappa shape index (κ2) is 3.95. The van der Waals surface area contributed by atoms with E-state index in [-0.39, 0.29) is 0 Å². The number of nitrogens with zero attached hydrogens (tertiary/aromatic N) is 2. The van der Waals surface area contributed by atoms with Crippen LogP contribution in [0.1, 0.15) is 20.3 Å². The van der Waals surface area contributed by atoms with E-state index in [4.69, 9.17) is 5.73 Å². The fraction of sp³-hybridized carbons (Fsp3) is 1.00. The SMILES string of the molecule is CN1CC(C)(C)N(C)CC1CCN. The number of hydrogen-bond donors (Lipinski definition) is 1. The van der Waals surface area contributed by atoms with E-state index in [1.807, 2.05) is 0 Å². The van der Waals surface area contributed by atoms with Crippen LogP contribution in [0.5, 0.6) is 0 Å². The lowest BCUT2D eigenvalue weighted by atomic mass is 9.96. The van der Waals surface area contributed by atoms with Gasteiger partial charge in [0.05, 0.1) is 0 Å².